The molecule has 3 aliphatic heterocycles. The van der Waals surface area contributed by atoms with Gasteiger partial charge in [0, 0.05) is 46.2 Å². The normalized spacial score (nSPS) is 48.0. The summed E-state index contributed by atoms with van der Waals surface area (Å²) >= 11 is 0. The standard InChI is InChI=1S/C41H68N2O7/c1-26-40-15-14-39(7)29-8-10-31(36(38(5,6)45)48-27(2)44)49-32(29)24-30(39)28(40)9-11-33-37(3,4)34(12-13-41(26,33)40)50-35-25-43(20-23-47-35)17-16-42-18-21-46-22-19-42/h26,28-36,45H,8-25H2,1-7H3. The molecule has 0 bridgehead atoms. The zero-order valence-electron chi connectivity index (χ0n) is 32.3. The van der Waals surface area contributed by atoms with Crippen LogP contribution in [0, 0.1) is 51.2 Å². The van der Waals surface area contributed by atoms with Crippen molar-refractivity contribution >= 4 is 5.97 Å². The molecule has 8 fully saturated rings. The minimum atomic E-state index is -1.14. The van der Waals surface area contributed by atoms with Crippen LogP contribution in [0.2, 0.25) is 0 Å². The Labute approximate surface area is 301 Å². The molecule has 284 valence electrons. The van der Waals surface area contributed by atoms with Gasteiger partial charge in [0.1, 0.15) is 0 Å². The summed E-state index contributed by atoms with van der Waals surface area (Å²) < 4.78 is 31.5. The van der Waals surface area contributed by atoms with Crippen molar-refractivity contribution in [1.82, 2.24) is 9.80 Å². The molecule has 13 atom stereocenters. The van der Waals surface area contributed by atoms with Crippen molar-refractivity contribution in [2.45, 2.75) is 143 Å². The van der Waals surface area contributed by atoms with Crippen molar-refractivity contribution in [3.63, 3.8) is 0 Å². The first-order chi connectivity index (χ1) is 23.7. The van der Waals surface area contributed by atoms with E-state index < -0.39 is 11.7 Å². The van der Waals surface area contributed by atoms with Gasteiger partial charge in [-0.2, -0.15) is 0 Å². The first-order valence-electron chi connectivity index (χ1n) is 20.6. The quantitative estimate of drug-likeness (QED) is 0.329. The minimum absolute atomic E-state index is 0.115. The Morgan fingerprint density at radius 2 is 1.62 bits per heavy atom. The van der Waals surface area contributed by atoms with Crippen LogP contribution >= 0.6 is 0 Å². The van der Waals surface area contributed by atoms with E-state index in [1.165, 1.54) is 39.0 Å². The van der Waals surface area contributed by atoms with E-state index in [0.717, 1.165) is 96.6 Å². The number of morpholine rings is 2. The van der Waals surface area contributed by atoms with Crippen LogP contribution < -0.4 is 0 Å². The highest BCUT2D eigenvalue weighted by Crippen LogP contribution is 2.89. The average molecular weight is 701 g/mol. The van der Waals surface area contributed by atoms with Gasteiger partial charge in [0.15, 0.2) is 12.4 Å². The molecule has 8 aliphatic rings. The molecule has 5 saturated carbocycles. The molecule has 0 aromatic heterocycles. The number of hydrogen-bond acceptors (Lipinski definition) is 9. The first kappa shape index (κ1) is 36.2. The monoisotopic (exact) mass is 701 g/mol. The molecule has 8 rings (SSSR count). The van der Waals surface area contributed by atoms with Gasteiger partial charge >= 0.3 is 5.97 Å². The summed E-state index contributed by atoms with van der Waals surface area (Å²) in [4.78, 5) is 17.1. The molecule has 1 N–H and O–H groups in total. The largest absolute Gasteiger partial charge is 0.457 e. The number of rotatable bonds is 8. The van der Waals surface area contributed by atoms with Crippen LogP contribution in [0.15, 0.2) is 0 Å². The summed E-state index contributed by atoms with van der Waals surface area (Å²) in [6, 6.07) is 0. The highest BCUT2D eigenvalue weighted by molar-refractivity contribution is 5.66. The summed E-state index contributed by atoms with van der Waals surface area (Å²) in [5, 5.41) is 11.0. The number of hydrogen-bond donors (Lipinski definition) is 1. The molecule has 0 aromatic carbocycles. The number of ether oxygens (including phenoxy) is 5. The van der Waals surface area contributed by atoms with Crippen molar-refractivity contribution < 1.29 is 33.6 Å². The van der Waals surface area contributed by atoms with Gasteiger partial charge in [-0.25, -0.2) is 0 Å². The molecule has 0 radical (unpaired) electrons. The van der Waals surface area contributed by atoms with E-state index in [1.54, 1.807) is 13.8 Å². The van der Waals surface area contributed by atoms with Gasteiger partial charge in [0.25, 0.3) is 0 Å². The Kier molecular flexibility index (Phi) is 9.34. The maximum absolute atomic E-state index is 12.0. The van der Waals surface area contributed by atoms with Crippen LogP contribution in [0.3, 0.4) is 0 Å². The Hall–Kier alpha value is -0.810. The summed E-state index contributed by atoms with van der Waals surface area (Å²) in [6.45, 7) is 23.8. The lowest BCUT2D eigenvalue weighted by molar-refractivity contribution is -0.245. The van der Waals surface area contributed by atoms with Gasteiger partial charge in [-0.1, -0.05) is 27.7 Å². The molecule has 0 amide bonds. The van der Waals surface area contributed by atoms with E-state index in [2.05, 4.69) is 37.5 Å². The van der Waals surface area contributed by atoms with Crippen molar-refractivity contribution in [1.29, 1.82) is 0 Å². The van der Waals surface area contributed by atoms with Gasteiger partial charge in [-0.05, 0) is 123 Å². The number of carbonyl (C=O) groups excluding carboxylic acids is 1. The summed E-state index contributed by atoms with van der Waals surface area (Å²) in [7, 11) is 0. The lowest BCUT2D eigenvalue weighted by atomic mass is 9.46. The Balaban J connectivity index is 0.939. The van der Waals surface area contributed by atoms with Crippen molar-refractivity contribution in [2.75, 3.05) is 59.1 Å². The molecular weight excluding hydrogens is 632 g/mol. The minimum Gasteiger partial charge on any atom is -0.457 e. The zero-order chi connectivity index (χ0) is 35.3. The second kappa shape index (κ2) is 12.9. The molecular formula is C41H68N2O7. The molecule has 13 unspecified atom stereocenters. The fourth-order valence-electron chi connectivity index (χ4n) is 14.6. The number of fused-ring (bicyclic) bond motifs is 4. The predicted octanol–water partition coefficient (Wildman–Crippen LogP) is 5.52. The number of carbonyl (C=O) groups is 1. The van der Waals surface area contributed by atoms with Crippen LogP contribution in [0.25, 0.3) is 0 Å². The molecule has 9 heteroatoms. The SMILES string of the molecule is CC(=O)OC(C1CCC2C(CC3C4CCC5C(C)(C)C(OC6CN(CCN7CCOCC7)CCO6)CCC56C(C)C46CCC23C)O1)C(C)(C)O. The van der Waals surface area contributed by atoms with Gasteiger partial charge in [0.05, 0.1) is 43.7 Å². The van der Waals surface area contributed by atoms with Crippen LogP contribution in [0.5, 0.6) is 0 Å². The van der Waals surface area contributed by atoms with E-state index in [0.29, 0.717) is 34.0 Å². The van der Waals surface area contributed by atoms with E-state index in [9.17, 15) is 9.90 Å². The smallest absolute Gasteiger partial charge is 0.303 e. The van der Waals surface area contributed by atoms with Crippen LogP contribution in [0.1, 0.15) is 106 Å². The Morgan fingerprint density at radius 3 is 2.36 bits per heavy atom. The van der Waals surface area contributed by atoms with Crippen molar-refractivity contribution in [3.05, 3.63) is 0 Å². The third-order valence-electron chi connectivity index (χ3n) is 16.8. The molecule has 0 aromatic rings. The van der Waals surface area contributed by atoms with Crippen molar-refractivity contribution in [3.8, 4) is 0 Å². The highest BCUT2D eigenvalue weighted by atomic mass is 16.7. The second-order valence-electron chi connectivity index (χ2n) is 19.5. The summed E-state index contributed by atoms with van der Waals surface area (Å²) in [6.07, 6.45) is 10.2. The molecule has 3 heterocycles. The highest BCUT2D eigenvalue weighted by Gasteiger charge is 2.84. The molecule has 3 saturated heterocycles. The Morgan fingerprint density at radius 1 is 0.900 bits per heavy atom. The van der Waals surface area contributed by atoms with E-state index in [-0.39, 0.29) is 36.0 Å². The van der Waals surface area contributed by atoms with Gasteiger partial charge in [-0.15, -0.1) is 0 Å². The number of esters is 1. The average Bonchev–Trinajstić information content (AvgIpc) is 3.45. The van der Waals surface area contributed by atoms with Crippen LogP contribution in [-0.4, -0.2) is 116 Å². The first-order valence-corrected chi connectivity index (χ1v) is 20.6. The third-order valence-corrected chi connectivity index (χ3v) is 16.8. The molecule has 50 heavy (non-hydrogen) atoms. The molecule has 9 nitrogen and oxygen atoms in total. The van der Waals surface area contributed by atoms with E-state index >= 15 is 0 Å². The topological polar surface area (TPSA) is 89.9 Å². The number of nitrogens with zero attached hydrogens (tertiary/aromatic N) is 2. The third kappa shape index (κ3) is 5.59. The Bertz CT molecular complexity index is 1270. The lowest BCUT2D eigenvalue weighted by Crippen LogP contribution is -2.56. The van der Waals surface area contributed by atoms with Crippen molar-refractivity contribution in [2.24, 2.45) is 51.2 Å². The lowest BCUT2D eigenvalue weighted by Gasteiger charge is -2.60. The zero-order valence-corrected chi connectivity index (χ0v) is 32.3. The van der Waals surface area contributed by atoms with Gasteiger partial charge < -0.3 is 28.8 Å². The van der Waals surface area contributed by atoms with Gasteiger partial charge in [-0.3, -0.25) is 14.6 Å². The summed E-state index contributed by atoms with van der Waals surface area (Å²) in [5.74, 6) is 3.09. The maximum atomic E-state index is 12.0. The number of aliphatic hydroxyl groups is 1. The van der Waals surface area contributed by atoms with E-state index in [4.69, 9.17) is 23.7 Å². The fourth-order valence-corrected chi connectivity index (χ4v) is 14.6. The summed E-state index contributed by atoms with van der Waals surface area (Å²) in [5.41, 5.74) is 0.147. The van der Waals surface area contributed by atoms with E-state index in [1.807, 2.05) is 0 Å². The fraction of sp³-hybridized carbons (Fsp3) is 0.976. The van der Waals surface area contributed by atoms with Crippen LogP contribution in [0.4, 0.5) is 0 Å². The predicted molar refractivity (Wildman–Crippen MR) is 190 cm³/mol. The second-order valence-corrected chi connectivity index (χ2v) is 19.5. The van der Waals surface area contributed by atoms with Crippen LogP contribution in [-0.2, 0) is 28.5 Å². The maximum Gasteiger partial charge on any atom is 0.303 e. The molecule has 2 spiro atoms. The molecule has 5 aliphatic carbocycles. The van der Waals surface area contributed by atoms with Gasteiger partial charge in [0.2, 0.25) is 0 Å².